The van der Waals surface area contributed by atoms with Crippen LogP contribution in [0.1, 0.15) is 11.3 Å². The van der Waals surface area contributed by atoms with Crippen molar-refractivity contribution in [3.63, 3.8) is 0 Å². The van der Waals surface area contributed by atoms with Crippen molar-refractivity contribution in [2.75, 3.05) is 18.4 Å². The fraction of sp³-hybridized carbons (Fsp3) is 0.300. The molecule has 2 N–H and O–H groups in total. The molecule has 6 nitrogen and oxygen atoms in total. The second-order valence-electron chi connectivity index (χ2n) is 6.53. The van der Waals surface area contributed by atoms with Gasteiger partial charge in [0, 0.05) is 44.4 Å². The molecule has 4 rings (SSSR count). The first-order valence-corrected chi connectivity index (χ1v) is 8.95. The molecule has 2 aromatic heterocycles. The summed E-state index contributed by atoms with van der Waals surface area (Å²) in [6.45, 7) is 4.25. The van der Waals surface area contributed by atoms with Gasteiger partial charge in [0.15, 0.2) is 0 Å². The van der Waals surface area contributed by atoms with Gasteiger partial charge in [-0.25, -0.2) is 4.68 Å². The first kappa shape index (κ1) is 16.6. The lowest BCUT2D eigenvalue weighted by Crippen LogP contribution is -2.35. The average Bonchev–Trinajstić information content (AvgIpc) is 3.16. The van der Waals surface area contributed by atoms with Gasteiger partial charge >= 0.3 is 0 Å². The van der Waals surface area contributed by atoms with E-state index >= 15 is 0 Å². The van der Waals surface area contributed by atoms with Crippen molar-refractivity contribution in [2.24, 2.45) is 5.92 Å². The third kappa shape index (κ3) is 4.21. The quantitative estimate of drug-likeness (QED) is 0.687. The van der Waals surface area contributed by atoms with Crippen LogP contribution in [0.2, 0.25) is 0 Å². The van der Waals surface area contributed by atoms with Crippen LogP contribution in [-0.4, -0.2) is 27.9 Å². The Bertz CT molecular complexity index is 816. The first-order chi connectivity index (χ1) is 12.9. The number of nitrogens with zero attached hydrogens (tertiary/aromatic N) is 3. The summed E-state index contributed by atoms with van der Waals surface area (Å²) in [6, 6.07) is 16.1. The number of hydrogen-bond donors (Lipinski definition) is 2. The average molecular weight is 349 g/mol. The summed E-state index contributed by atoms with van der Waals surface area (Å²) < 4.78 is 7.80. The highest BCUT2D eigenvalue weighted by atomic mass is 16.5. The number of anilines is 1. The molecule has 1 aliphatic heterocycles. The highest BCUT2D eigenvalue weighted by Gasteiger charge is 2.17. The van der Waals surface area contributed by atoms with Gasteiger partial charge in [0.1, 0.15) is 18.2 Å². The molecule has 3 heterocycles. The van der Waals surface area contributed by atoms with Gasteiger partial charge in [-0.1, -0.05) is 18.2 Å². The smallest absolute Gasteiger partial charge is 0.130 e. The van der Waals surface area contributed by atoms with Crippen LogP contribution in [0.3, 0.4) is 0 Å². The van der Waals surface area contributed by atoms with E-state index in [9.17, 15) is 0 Å². The van der Waals surface area contributed by atoms with Crippen LogP contribution in [0.25, 0.3) is 0 Å². The lowest BCUT2D eigenvalue weighted by molar-refractivity contribution is 0.301. The largest absolute Gasteiger partial charge is 0.487 e. The Morgan fingerprint density at radius 3 is 2.88 bits per heavy atom. The van der Waals surface area contributed by atoms with Gasteiger partial charge in [0.05, 0.1) is 11.9 Å². The van der Waals surface area contributed by atoms with Crippen LogP contribution in [-0.2, 0) is 19.7 Å². The maximum absolute atomic E-state index is 5.77. The molecule has 0 unspecified atom stereocenters. The number of ether oxygens (including phenoxy) is 1. The zero-order valence-electron chi connectivity index (χ0n) is 14.6. The summed E-state index contributed by atoms with van der Waals surface area (Å²) in [7, 11) is 0. The Morgan fingerprint density at radius 2 is 2.04 bits per heavy atom. The molecular formula is C20H23N5O. The Labute approximate surface area is 153 Å². The normalized spacial score (nSPS) is 15.9. The topological polar surface area (TPSA) is 64.0 Å². The van der Waals surface area contributed by atoms with Gasteiger partial charge in [-0.15, -0.1) is 0 Å². The number of fused-ring (bicyclic) bond motifs is 1. The first-order valence-electron chi connectivity index (χ1n) is 8.95. The predicted molar refractivity (Wildman–Crippen MR) is 101 cm³/mol. The summed E-state index contributed by atoms with van der Waals surface area (Å²) in [5.74, 6) is 2.52. The number of aromatic nitrogens is 3. The molecule has 1 atom stereocenters. The van der Waals surface area contributed by atoms with Crippen LogP contribution in [0.15, 0.2) is 60.9 Å². The monoisotopic (exact) mass is 349 g/mol. The summed E-state index contributed by atoms with van der Waals surface area (Å²) in [4.78, 5) is 4.26. The lowest BCUT2D eigenvalue weighted by atomic mass is 10.1. The van der Waals surface area contributed by atoms with Gasteiger partial charge in [-0.2, -0.15) is 5.10 Å². The minimum absolute atomic E-state index is 0.489. The summed E-state index contributed by atoms with van der Waals surface area (Å²) >= 11 is 0. The maximum atomic E-state index is 5.77. The minimum Gasteiger partial charge on any atom is -0.487 e. The molecule has 0 saturated heterocycles. The van der Waals surface area contributed by atoms with Crippen LogP contribution < -0.4 is 15.4 Å². The molecule has 0 fully saturated rings. The molecule has 1 aromatic carbocycles. The molecule has 134 valence electrons. The van der Waals surface area contributed by atoms with E-state index in [2.05, 4.69) is 32.8 Å². The Morgan fingerprint density at radius 1 is 1.12 bits per heavy atom. The lowest BCUT2D eigenvalue weighted by Gasteiger charge is -2.25. The molecule has 3 aromatic rings. The van der Waals surface area contributed by atoms with Crippen molar-refractivity contribution in [3.8, 4) is 5.75 Å². The zero-order chi connectivity index (χ0) is 17.6. The molecule has 0 amide bonds. The van der Waals surface area contributed by atoms with E-state index in [0.717, 1.165) is 43.4 Å². The van der Waals surface area contributed by atoms with E-state index in [1.165, 1.54) is 5.56 Å². The van der Waals surface area contributed by atoms with Gasteiger partial charge in [-0.05, 0) is 29.8 Å². The van der Waals surface area contributed by atoms with E-state index < -0.39 is 0 Å². The zero-order valence-corrected chi connectivity index (χ0v) is 14.6. The Hall–Kier alpha value is -2.86. The molecule has 0 saturated carbocycles. The fourth-order valence-corrected chi connectivity index (χ4v) is 3.09. The number of nitrogens with one attached hydrogen (secondary N) is 2. The molecule has 0 radical (unpaired) electrons. The molecular weight excluding hydrogens is 326 g/mol. The Balaban J connectivity index is 1.21. The second kappa shape index (κ2) is 8.01. The fourth-order valence-electron chi connectivity index (χ4n) is 3.09. The molecule has 6 heteroatoms. The van der Waals surface area contributed by atoms with E-state index in [0.29, 0.717) is 12.5 Å². The Kier molecular flexibility index (Phi) is 5.12. The van der Waals surface area contributed by atoms with Gasteiger partial charge in [-0.3, -0.25) is 4.98 Å². The second-order valence-corrected chi connectivity index (χ2v) is 6.53. The van der Waals surface area contributed by atoms with E-state index in [-0.39, 0.29) is 0 Å². The molecule has 26 heavy (non-hydrogen) atoms. The number of benzene rings is 1. The van der Waals surface area contributed by atoms with Crippen LogP contribution in [0, 0.1) is 5.92 Å². The van der Waals surface area contributed by atoms with Gasteiger partial charge < -0.3 is 15.4 Å². The third-order valence-corrected chi connectivity index (χ3v) is 4.52. The van der Waals surface area contributed by atoms with Crippen molar-refractivity contribution in [3.05, 3.63) is 72.2 Å². The van der Waals surface area contributed by atoms with Crippen molar-refractivity contribution in [1.29, 1.82) is 0 Å². The van der Waals surface area contributed by atoms with Gasteiger partial charge in [0.25, 0.3) is 0 Å². The molecule has 0 bridgehead atoms. The summed E-state index contributed by atoms with van der Waals surface area (Å²) in [5.41, 5.74) is 2.18. The number of pyridine rings is 1. The maximum Gasteiger partial charge on any atom is 0.130 e. The highest BCUT2D eigenvalue weighted by molar-refractivity contribution is 5.35. The van der Waals surface area contributed by atoms with Crippen LogP contribution in [0.5, 0.6) is 5.75 Å². The van der Waals surface area contributed by atoms with E-state index in [1.807, 2.05) is 47.3 Å². The van der Waals surface area contributed by atoms with E-state index in [4.69, 9.17) is 4.74 Å². The van der Waals surface area contributed by atoms with Crippen molar-refractivity contribution in [1.82, 2.24) is 20.1 Å². The third-order valence-electron chi connectivity index (χ3n) is 4.52. The summed E-state index contributed by atoms with van der Waals surface area (Å²) in [6.07, 6.45) is 3.62. The van der Waals surface area contributed by atoms with Crippen LogP contribution in [0.4, 0.5) is 5.82 Å². The predicted octanol–water partition coefficient (Wildman–Crippen LogP) is 2.69. The molecule has 0 spiro atoms. The molecule has 1 aliphatic rings. The van der Waals surface area contributed by atoms with Crippen molar-refractivity contribution >= 4 is 5.82 Å². The van der Waals surface area contributed by atoms with E-state index in [1.54, 1.807) is 6.20 Å². The van der Waals surface area contributed by atoms with Crippen LogP contribution >= 0.6 is 0 Å². The number of hydrogen-bond acceptors (Lipinski definition) is 5. The SMILES string of the molecule is c1ccc(COc2ccc(CNC[C@H]3CNc4ccnn4C3)cc2)nc1. The number of rotatable bonds is 7. The van der Waals surface area contributed by atoms with Crippen molar-refractivity contribution in [2.45, 2.75) is 19.7 Å². The van der Waals surface area contributed by atoms with Crippen molar-refractivity contribution < 1.29 is 4.74 Å². The molecule has 0 aliphatic carbocycles. The highest BCUT2D eigenvalue weighted by Crippen LogP contribution is 2.16. The van der Waals surface area contributed by atoms with Gasteiger partial charge in [0.2, 0.25) is 0 Å². The standard InChI is InChI=1S/C20H23N5O/c1-2-9-22-18(3-1)15-26-19-6-4-16(5-7-19)11-21-12-17-13-23-20-8-10-24-25(20)14-17/h1-10,17,21,23H,11-15H2/t17-/m0/s1. The minimum atomic E-state index is 0.489. The summed E-state index contributed by atoms with van der Waals surface area (Å²) in [5, 5.41) is 11.3.